The van der Waals surface area contributed by atoms with Gasteiger partial charge in [0.2, 0.25) is 5.91 Å². The van der Waals surface area contributed by atoms with E-state index in [-0.39, 0.29) is 24.0 Å². The molecule has 0 aromatic rings. The van der Waals surface area contributed by atoms with Gasteiger partial charge in [-0.25, -0.2) is 0 Å². The van der Waals surface area contributed by atoms with Gasteiger partial charge < -0.3 is 15.4 Å². The van der Waals surface area contributed by atoms with Crippen molar-refractivity contribution < 1.29 is 9.53 Å². The van der Waals surface area contributed by atoms with Crippen LogP contribution in [0, 0.1) is 5.92 Å². The van der Waals surface area contributed by atoms with Crippen molar-refractivity contribution in [1.29, 1.82) is 0 Å². The first-order valence-electron chi connectivity index (χ1n) is 5.16. The maximum Gasteiger partial charge on any atom is 0.226 e. The Bertz CT molecular complexity index is 208. The predicted molar refractivity (Wildman–Crippen MR) is 54.8 cm³/mol. The average molecular weight is 200 g/mol. The number of likely N-dealkylation sites (N-methyl/N-ethyl adjacent to an activating group) is 1. The highest BCUT2D eigenvalue weighted by molar-refractivity contribution is 5.78. The molecule has 0 spiro atoms. The Hall–Kier alpha value is -0.610. The molecule has 3 unspecified atom stereocenters. The standard InChI is InChI=1S/C10H20N2O2/c1-7(6-11)10(13)12(3)9-4-5-14-8(9)2/h7-9H,4-6,11H2,1-3H3. The quantitative estimate of drug-likeness (QED) is 0.709. The van der Waals surface area contributed by atoms with Gasteiger partial charge in [-0.3, -0.25) is 4.79 Å². The number of hydrogen-bond donors (Lipinski definition) is 1. The number of rotatable bonds is 3. The molecule has 0 aromatic carbocycles. The minimum absolute atomic E-state index is 0.0900. The number of hydrogen-bond acceptors (Lipinski definition) is 3. The lowest BCUT2D eigenvalue weighted by molar-refractivity contribution is -0.136. The highest BCUT2D eigenvalue weighted by atomic mass is 16.5. The van der Waals surface area contributed by atoms with Gasteiger partial charge in [0.15, 0.2) is 0 Å². The SMILES string of the molecule is CC(CN)C(=O)N(C)C1CCOC1C. The van der Waals surface area contributed by atoms with Crippen LogP contribution in [-0.2, 0) is 9.53 Å². The molecule has 4 nitrogen and oxygen atoms in total. The van der Waals surface area contributed by atoms with E-state index in [0.29, 0.717) is 6.54 Å². The minimum Gasteiger partial charge on any atom is -0.376 e. The smallest absolute Gasteiger partial charge is 0.226 e. The van der Waals surface area contributed by atoms with Gasteiger partial charge in [-0.05, 0) is 13.3 Å². The van der Waals surface area contributed by atoms with Gasteiger partial charge in [-0.15, -0.1) is 0 Å². The summed E-state index contributed by atoms with van der Waals surface area (Å²) in [5, 5.41) is 0. The third-order valence-electron chi connectivity index (χ3n) is 2.96. The Morgan fingerprint density at radius 2 is 2.36 bits per heavy atom. The van der Waals surface area contributed by atoms with Crippen LogP contribution in [0.2, 0.25) is 0 Å². The summed E-state index contributed by atoms with van der Waals surface area (Å²) in [7, 11) is 1.84. The van der Waals surface area contributed by atoms with E-state index in [1.54, 1.807) is 4.90 Å². The lowest BCUT2D eigenvalue weighted by atomic mass is 10.1. The molecule has 0 saturated carbocycles. The molecule has 1 aliphatic heterocycles. The first-order valence-corrected chi connectivity index (χ1v) is 5.16. The molecule has 3 atom stereocenters. The Morgan fingerprint density at radius 3 is 2.79 bits per heavy atom. The lowest BCUT2D eigenvalue weighted by Gasteiger charge is -2.28. The lowest BCUT2D eigenvalue weighted by Crippen LogP contribution is -2.44. The van der Waals surface area contributed by atoms with Crippen molar-refractivity contribution in [2.45, 2.75) is 32.4 Å². The van der Waals surface area contributed by atoms with E-state index in [1.165, 1.54) is 0 Å². The molecule has 1 amide bonds. The summed E-state index contributed by atoms with van der Waals surface area (Å²) >= 11 is 0. The van der Waals surface area contributed by atoms with Crippen molar-refractivity contribution in [3.05, 3.63) is 0 Å². The second kappa shape index (κ2) is 4.75. The van der Waals surface area contributed by atoms with Gasteiger partial charge in [-0.2, -0.15) is 0 Å². The zero-order valence-corrected chi connectivity index (χ0v) is 9.19. The summed E-state index contributed by atoms with van der Waals surface area (Å²) < 4.78 is 5.42. The number of ether oxygens (including phenoxy) is 1. The third-order valence-corrected chi connectivity index (χ3v) is 2.96. The van der Waals surface area contributed by atoms with Gasteiger partial charge in [0, 0.05) is 26.1 Å². The molecule has 1 aliphatic rings. The van der Waals surface area contributed by atoms with Crippen LogP contribution in [0.4, 0.5) is 0 Å². The van der Waals surface area contributed by atoms with Crippen molar-refractivity contribution in [3.63, 3.8) is 0 Å². The zero-order valence-electron chi connectivity index (χ0n) is 9.19. The van der Waals surface area contributed by atoms with E-state index in [4.69, 9.17) is 10.5 Å². The van der Waals surface area contributed by atoms with E-state index in [0.717, 1.165) is 13.0 Å². The zero-order chi connectivity index (χ0) is 10.7. The summed E-state index contributed by atoms with van der Waals surface area (Å²) in [6.45, 7) is 5.03. The maximum atomic E-state index is 11.8. The summed E-state index contributed by atoms with van der Waals surface area (Å²) in [5.41, 5.74) is 5.47. The van der Waals surface area contributed by atoms with Crippen LogP contribution in [0.5, 0.6) is 0 Å². The van der Waals surface area contributed by atoms with E-state index < -0.39 is 0 Å². The first-order chi connectivity index (χ1) is 6.57. The fourth-order valence-corrected chi connectivity index (χ4v) is 1.84. The molecular weight excluding hydrogens is 180 g/mol. The molecule has 82 valence electrons. The molecule has 14 heavy (non-hydrogen) atoms. The largest absolute Gasteiger partial charge is 0.376 e. The number of nitrogens with two attached hydrogens (primary N) is 1. The molecule has 0 aliphatic carbocycles. The molecule has 2 N–H and O–H groups in total. The van der Waals surface area contributed by atoms with Crippen LogP contribution in [0.15, 0.2) is 0 Å². The molecule has 1 fully saturated rings. The first kappa shape index (κ1) is 11.5. The van der Waals surface area contributed by atoms with Crippen LogP contribution in [0.25, 0.3) is 0 Å². The number of carbonyl (C=O) groups excluding carboxylic acids is 1. The Balaban J connectivity index is 2.55. The molecule has 0 aromatic heterocycles. The van der Waals surface area contributed by atoms with Gasteiger partial charge in [0.05, 0.1) is 12.1 Å². The topological polar surface area (TPSA) is 55.6 Å². The summed E-state index contributed by atoms with van der Waals surface area (Å²) in [6, 6.07) is 0.219. The van der Waals surface area contributed by atoms with Gasteiger partial charge >= 0.3 is 0 Å². The van der Waals surface area contributed by atoms with E-state index >= 15 is 0 Å². The van der Waals surface area contributed by atoms with E-state index in [1.807, 2.05) is 20.9 Å². The van der Waals surface area contributed by atoms with Gasteiger partial charge in [-0.1, -0.05) is 6.92 Å². The fourth-order valence-electron chi connectivity index (χ4n) is 1.84. The van der Waals surface area contributed by atoms with Crippen molar-refractivity contribution in [3.8, 4) is 0 Å². The normalized spacial score (nSPS) is 28.9. The van der Waals surface area contributed by atoms with Crippen molar-refractivity contribution >= 4 is 5.91 Å². The number of amides is 1. The second-order valence-corrected chi connectivity index (χ2v) is 4.02. The maximum absolute atomic E-state index is 11.8. The van der Waals surface area contributed by atoms with Gasteiger partial charge in [0.1, 0.15) is 0 Å². The monoisotopic (exact) mass is 200 g/mol. The molecule has 1 heterocycles. The van der Waals surface area contributed by atoms with Crippen LogP contribution < -0.4 is 5.73 Å². The average Bonchev–Trinajstić information content (AvgIpc) is 2.61. The predicted octanol–water partition coefficient (Wildman–Crippen LogP) is 0.217. The van der Waals surface area contributed by atoms with Gasteiger partial charge in [0.25, 0.3) is 0 Å². The van der Waals surface area contributed by atoms with Crippen LogP contribution in [0.3, 0.4) is 0 Å². The third kappa shape index (κ3) is 2.25. The Labute approximate surface area is 85.4 Å². The van der Waals surface area contributed by atoms with Crippen molar-refractivity contribution in [1.82, 2.24) is 4.90 Å². The van der Waals surface area contributed by atoms with Crippen LogP contribution in [0.1, 0.15) is 20.3 Å². The molecule has 1 rings (SSSR count). The van der Waals surface area contributed by atoms with E-state index in [9.17, 15) is 4.79 Å². The summed E-state index contributed by atoms with van der Waals surface area (Å²) in [6.07, 6.45) is 1.08. The fraction of sp³-hybridized carbons (Fsp3) is 0.900. The Morgan fingerprint density at radius 1 is 1.71 bits per heavy atom. The van der Waals surface area contributed by atoms with Crippen molar-refractivity contribution in [2.24, 2.45) is 11.7 Å². The second-order valence-electron chi connectivity index (χ2n) is 4.02. The molecular formula is C10H20N2O2. The molecule has 1 saturated heterocycles. The van der Waals surface area contributed by atoms with Crippen molar-refractivity contribution in [2.75, 3.05) is 20.2 Å². The highest BCUT2D eigenvalue weighted by Gasteiger charge is 2.31. The van der Waals surface area contributed by atoms with Crippen LogP contribution in [-0.4, -0.2) is 43.2 Å². The molecule has 4 heteroatoms. The molecule has 0 radical (unpaired) electrons. The minimum atomic E-state index is -0.0900. The number of carbonyl (C=O) groups is 1. The number of nitrogens with zero attached hydrogens (tertiary/aromatic N) is 1. The molecule has 0 bridgehead atoms. The Kier molecular flexibility index (Phi) is 3.89. The van der Waals surface area contributed by atoms with Crippen LogP contribution >= 0.6 is 0 Å². The summed E-state index contributed by atoms with van der Waals surface area (Å²) in [4.78, 5) is 13.6. The van der Waals surface area contributed by atoms with E-state index in [2.05, 4.69) is 0 Å². The summed E-state index contributed by atoms with van der Waals surface area (Å²) in [5.74, 6) is 0.0302. The highest BCUT2D eigenvalue weighted by Crippen LogP contribution is 2.19.